The van der Waals surface area contributed by atoms with Gasteiger partial charge in [0.15, 0.2) is 0 Å². The maximum atomic E-state index is 5.72. The fraction of sp³-hybridized carbons (Fsp3) is 0.455. The highest BCUT2D eigenvalue weighted by molar-refractivity contribution is 5.22. The average molecular weight is 176 g/mol. The number of fused-ring (bicyclic) bond motifs is 1. The van der Waals surface area contributed by atoms with E-state index < -0.39 is 0 Å². The van der Waals surface area contributed by atoms with E-state index in [0.717, 1.165) is 13.0 Å². The van der Waals surface area contributed by atoms with E-state index in [2.05, 4.69) is 12.1 Å². The topological polar surface area (TPSA) is 18.5 Å². The summed E-state index contributed by atoms with van der Waals surface area (Å²) in [5, 5.41) is 0. The minimum atomic E-state index is 0.189. The summed E-state index contributed by atoms with van der Waals surface area (Å²) < 4.78 is 11.3. The number of benzene rings is 1. The molecule has 0 spiro atoms. The standard InChI is InChI=1S/C11H12O2/c1-2-4-8(5-3-1)10-11-9(13-10)6-7-12-11/h1-5,9-11H,6-7H2/t9-,10+,11+/m1/s1. The van der Waals surface area contributed by atoms with Gasteiger partial charge < -0.3 is 9.47 Å². The molecule has 2 aliphatic heterocycles. The van der Waals surface area contributed by atoms with Gasteiger partial charge in [0.05, 0.1) is 6.10 Å². The van der Waals surface area contributed by atoms with Crippen LogP contribution in [-0.4, -0.2) is 18.8 Å². The third kappa shape index (κ3) is 1.10. The lowest BCUT2D eigenvalue weighted by atomic mass is 9.94. The Bertz CT molecular complexity index is 296. The van der Waals surface area contributed by atoms with Gasteiger partial charge in [-0.1, -0.05) is 30.3 Å². The van der Waals surface area contributed by atoms with Gasteiger partial charge in [-0.2, -0.15) is 0 Å². The van der Waals surface area contributed by atoms with Crippen molar-refractivity contribution in [3.63, 3.8) is 0 Å². The normalized spacial score (nSPS) is 36.8. The molecule has 0 N–H and O–H groups in total. The quantitative estimate of drug-likeness (QED) is 0.650. The van der Waals surface area contributed by atoms with Gasteiger partial charge in [-0.25, -0.2) is 0 Å². The van der Waals surface area contributed by atoms with Gasteiger partial charge in [-0.05, 0) is 12.0 Å². The molecule has 0 bridgehead atoms. The molecule has 68 valence electrons. The van der Waals surface area contributed by atoms with E-state index in [1.165, 1.54) is 5.56 Å². The summed E-state index contributed by atoms with van der Waals surface area (Å²) in [5.41, 5.74) is 1.24. The molecule has 2 fully saturated rings. The summed E-state index contributed by atoms with van der Waals surface area (Å²) >= 11 is 0. The zero-order valence-corrected chi connectivity index (χ0v) is 7.35. The molecule has 2 nitrogen and oxygen atoms in total. The second kappa shape index (κ2) is 2.82. The van der Waals surface area contributed by atoms with Crippen LogP contribution in [-0.2, 0) is 9.47 Å². The number of ether oxygens (including phenoxy) is 2. The lowest BCUT2D eigenvalue weighted by Crippen LogP contribution is -2.44. The minimum Gasteiger partial charge on any atom is -0.372 e. The maximum absolute atomic E-state index is 5.72. The number of hydrogen-bond donors (Lipinski definition) is 0. The zero-order chi connectivity index (χ0) is 8.67. The van der Waals surface area contributed by atoms with Gasteiger partial charge in [0, 0.05) is 6.61 Å². The van der Waals surface area contributed by atoms with Crippen molar-refractivity contribution in [2.24, 2.45) is 0 Å². The van der Waals surface area contributed by atoms with Gasteiger partial charge in [-0.3, -0.25) is 0 Å². The molecule has 2 aliphatic rings. The molecule has 1 aromatic rings. The Kier molecular flexibility index (Phi) is 1.64. The lowest BCUT2D eigenvalue weighted by molar-refractivity contribution is -0.202. The first-order chi connectivity index (χ1) is 6.45. The van der Waals surface area contributed by atoms with Crippen molar-refractivity contribution in [2.45, 2.75) is 24.7 Å². The van der Waals surface area contributed by atoms with Crippen molar-refractivity contribution in [3.05, 3.63) is 35.9 Å². The van der Waals surface area contributed by atoms with Crippen LogP contribution < -0.4 is 0 Å². The number of rotatable bonds is 1. The zero-order valence-electron chi connectivity index (χ0n) is 7.35. The van der Waals surface area contributed by atoms with Crippen LogP contribution in [0.1, 0.15) is 18.1 Å². The molecule has 0 aromatic heterocycles. The summed E-state index contributed by atoms with van der Waals surface area (Å²) in [6.45, 7) is 0.860. The SMILES string of the molecule is c1ccc([C@@H]2O[C@@H]3CCO[C@@H]32)cc1. The Balaban J connectivity index is 1.81. The van der Waals surface area contributed by atoms with Crippen LogP contribution in [0, 0.1) is 0 Å². The molecule has 3 rings (SSSR count). The molecule has 0 aliphatic carbocycles. The summed E-state index contributed by atoms with van der Waals surface area (Å²) in [6.07, 6.45) is 1.94. The summed E-state index contributed by atoms with van der Waals surface area (Å²) in [6, 6.07) is 10.3. The second-order valence-corrected chi connectivity index (χ2v) is 3.63. The Labute approximate surface area is 77.5 Å². The molecule has 2 heteroatoms. The van der Waals surface area contributed by atoms with Crippen LogP contribution in [0.2, 0.25) is 0 Å². The third-order valence-electron chi connectivity index (χ3n) is 2.83. The molecule has 0 radical (unpaired) electrons. The molecule has 1 aromatic carbocycles. The molecule has 0 amide bonds. The van der Waals surface area contributed by atoms with Crippen LogP contribution in [0.3, 0.4) is 0 Å². The van der Waals surface area contributed by atoms with Crippen LogP contribution >= 0.6 is 0 Å². The first-order valence-electron chi connectivity index (χ1n) is 4.77. The van der Waals surface area contributed by atoms with Gasteiger partial charge in [-0.15, -0.1) is 0 Å². The van der Waals surface area contributed by atoms with Crippen molar-refractivity contribution in [2.75, 3.05) is 6.61 Å². The van der Waals surface area contributed by atoms with E-state index >= 15 is 0 Å². The van der Waals surface area contributed by atoms with Crippen molar-refractivity contribution >= 4 is 0 Å². The van der Waals surface area contributed by atoms with Gasteiger partial charge in [0.25, 0.3) is 0 Å². The highest BCUT2D eigenvalue weighted by Gasteiger charge is 2.47. The molecule has 2 saturated heterocycles. The predicted molar refractivity (Wildman–Crippen MR) is 48.4 cm³/mol. The summed E-state index contributed by atoms with van der Waals surface area (Å²) in [4.78, 5) is 0. The molecule has 2 heterocycles. The van der Waals surface area contributed by atoms with E-state index in [4.69, 9.17) is 9.47 Å². The Morgan fingerprint density at radius 3 is 2.77 bits per heavy atom. The van der Waals surface area contributed by atoms with Gasteiger partial charge >= 0.3 is 0 Å². The molecule has 0 saturated carbocycles. The number of hydrogen-bond acceptors (Lipinski definition) is 2. The van der Waals surface area contributed by atoms with Gasteiger partial charge in [0.2, 0.25) is 0 Å². The van der Waals surface area contributed by atoms with E-state index in [1.54, 1.807) is 0 Å². The van der Waals surface area contributed by atoms with E-state index in [0.29, 0.717) is 12.2 Å². The first-order valence-corrected chi connectivity index (χ1v) is 4.77. The van der Waals surface area contributed by atoms with Crippen molar-refractivity contribution in [1.82, 2.24) is 0 Å². The predicted octanol–water partition coefficient (Wildman–Crippen LogP) is 1.92. The van der Waals surface area contributed by atoms with E-state index in [1.807, 2.05) is 18.2 Å². The largest absolute Gasteiger partial charge is 0.372 e. The minimum absolute atomic E-state index is 0.189. The molecular formula is C11H12O2. The van der Waals surface area contributed by atoms with Crippen molar-refractivity contribution < 1.29 is 9.47 Å². The fourth-order valence-corrected chi connectivity index (χ4v) is 2.11. The maximum Gasteiger partial charge on any atom is 0.114 e. The molecular weight excluding hydrogens is 164 g/mol. The van der Waals surface area contributed by atoms with Crippen molar-refractivity contribution in [3.8, 4) is 0 Å². The average Bonchev–Trinajstić information content (AvgIpc) is 2.50. The lowest BCUT2D eigenvalue weighted by Gasteiger charge is -2.39. The highest BCUT2D eigenvalue weighted by Crippen LogP contribution is 2.42. The van der Waals surface area contributed by atoms with Crippen molar-refractivity contribution in [1.29, 1.82) is 0 Å². The smallest absolute Gasteiger partial charge is 0.114 e. The Morgan fingerprint density at radius 2 is 2.00 bits per heavy atom. The monoisotopic (exact) mass is 176 g/mol. The van der Waals surface area contributed by atoms with E-state index in [-0.39, 0.29) is 6.10 Å². The molecule has 13 heavy (non-hydrogen) atoms. The molecule has 3 atom stereocenters. The highest BCUT2D eigenvalue weighted by atomic mass is 16.6. The third-order valence-corrected chi connectivity index (χ3v) is 2.83. The Morgan fingerprint density at radius 1 is 1.15 bits per heavy atom. The first kappa shape index (κ1) is 7.54. The van der Waals surface area contributed by atoms with E-state index in [9.17, 15) is 0 Å². The molecule has 0 unspecified atom stereocenters. The second-order valence-electron chi connectivity index (χ2n) is 3.63. The van der Waals surface area contributed by atoms with Crippen LogP contribution in [0.15, 0.2) is 30.3 Å². The van der Waals surface area contributed by atoms with Gasteiger partial charge in [0.1, 0.15) is 12.2 Å². The van der Waals surface area contributed by atoms with Crippen LogP contribution in [0.4, 0.5) is 0 Å². The van der Waals surface area contributed by atoms with Crippen LogP contribution in [0.25, 0.3) is 0 Å². The van der Waals surface area contributed by atoms with Crippen LogP contribution in [0.5, 0.6) is 0 Å². The Hall–Kier alpha value is -0.860. The fourth-order valence-electron chi connectivity index (χ4n) is 2.11. The summed E-state index contributed by atoms with van der Waals surface area (Å²) in [5.74, 6) is 0. The summed E-state index contributed by atoms with van der Waals surface area (Å²) in [7, 11) is 0.